The molecule has 2 aromatic heterocycles. The van der Waals surface area contributed by atoms with E-state index in [-0.39, 0.29) is 6.04 Å². The van der Waals surface area contributed by atoms with Gasteiger partial charge in [-0.25, -0.2) is 9.50 Å². The maximum atomic E-state index is 5.60. The Kier molecular flexibility index (Phi) is 3.28. The highest BCUT2D eigenvalue weighted by Gasteiger charge is 2.10. The van der Waals surface area contributed by atoms with Crippen LogP contribution in [0.2, 0.25) is 0 Å². The summed E-state index contributed by atoms with van der Waals surface area (Å²) in [7, 11) is 0. The molecule has 0 bridgehead atoms. The second-order valence-electron chi connectivity index (χ2n) is 4.61. The van der Waals surface area contributed by atoms with Gasteiger partial charge in [0.15, 0.2) is 5.82 Å². The van der Waals surface area contributed by atoms with Crippen LogP contribution in [0.3, 0.4) is 0 Å². The molecule has 5 nitrogen and oxygen atoms in total. The number of hydrogen-bond acceptors (Lipinski definition) is 4. The minimum atomic E-state index is 0.200. The van der Waals surface area contributed by atoms with Crippen LogP contribution in [0.1, 0.15) is 32.4 Å². The van der Waals surface area contributed by atoms with Gasteiger partial charge in [0.2, 0.25) is 0 Å². The molecule has 0 fully saturated rings. The Hall–Kier alpha value is -1.62. The molecule has 0 saturated carbocycles. The van der Waals surface area contributed by atoms with Crippen LogP contribution < -0.4 is 11.1 Å². The standard InChI is InChI=1S/C12H19N5/c1-8(2)10-6-11-12(15-9(3)7-13)14-4-5-17(11)16-10/h4-6,8-9H,7,13H2,1-3H3,(H,14,15). The fraction of sp³-hybridized carbons (Fsp3) is 0.500. The van der Waals surface area contributed by atoms with Gasteiger partial charge in [-0.05, 0) is 18.9 Å². The van der Waals surface area contributed by atoms with Crippen LogP contribution in [0.15, 0.2) is 18.5 Å². The first kappa shape index (κ1) is 11.9. The maximum Gasteiger partial charge on any atom is 0.152 e. The first-order chi connectivity index (χ1) is 8.11. The zero-order valence-electron chi connectivity index (χ0n) is 10.5. The highest BCUT2D eigenvalue weighted by Crippen LogP contribution is 2.20. The highest BCUT2D eigenvalue weighted by atomic mass is 15.2. The van der Waals surface area contributed by atoms with Gasteiger partial charge < -0.3 is 11.1 Å². The van der Waals surface area contributed by atoms with Crippen molar-refractivity contribution in [2.75, 3.05) is 11.9 Å². The molecule has 2 aromatic rings. The molecule has 0 aliphatic carbocycles. The third kappa shape index (κ3) is 2.39. The molecule has 1 unspecified atom stereocenters. The molecule has 0 amide bonds. The molecule has 2 rings (SSSR count). The molecule has 0 aliphatic heterocycles. The van der Waals surface area contributed by atoms with E-state index in [2.05, 4.69) is 35.3 Å². The van der Waals surface area contributed by atoms with Crippen molar-refractivity contribution in [1.29, 1.82) is 0 Å². The number of nitrogens with zero attached hydrogens (tertiary/aromatic N) is 3. The molecule has 5 heteroatoms. The number of hydrogen-bond donors (Lipinski definition) is 2. The van der Waals surface area contributed by atoms with E-state index >= 15 is 0 Å². The number of fused-ring (bicyclic) bond motifs is 1. The lowest BCUT2D eigenvalue weighted by Gasteiger charge is -2.12. The van der Waals surface area contributed by atoms with Crippen LogP contribution in [0.25, 0.3) is 5.52 Å². The molecule has 3 N–H and O–H groups in total. The Labute approximate surface area is 101 Å². The van der Waals surface area contributed by atoms with E-state index in [0.29, 0.717) is 12.5 Å². The van der Waals surface area contributed by atoms with Gasteiger partial charge in [-0.1, -0.05) is 13.8 Å². The van der Waals surface area contributed by atoms with E-state index in [1.165, 1.54) is 0 Å². The van der Waals surface area contributed by atoms with Crippen LogP contribution in [-0.4, -0.2) is 27.2 Å². The molecule has 2 heterocycles. The predicted octanol–water partition coefficient (Wildman–Crippen LogP) is 1.61. The Morgan fingerprint density at radius 3 is 2.82 bits per heavy atom. The minimum Gasteiger partial charge on any atom is -0.365 e. The van der Waals surface area contributed by atoms with Crippen LogP contribution in [0, 0.1) is 0 Å². The second kappa shape index (κ2) is 4.71. The van der Waals surface area contributed by atoms with Crippen molar-refractivity contribution in [2.24, 2.45) is 5.73 Å². The quantitative estimate of drug-likeness (QED) is 0.842. The summed E-state index contributed by atoms with van der Waals surface area (Å²) in [5.74, 6) is 1.25. The van der Waals surface area contributed by atoms with Gasteiger partial charge in [0.05, 0.1) is 5.69 Å². The third-order valence-electron chi connectivity index (χ3n) is 2.74. The van der Waals surface area contributed by atoms with E-state index in [4.69, 9.17) is 5.73 Å². The first-order valence-electron chi connectivity index (χ1n) is 5.92. The molecule has 0 saturated heterocycles. The Morgan fingerprint density at radius 2 is 2.18 bits per heavy atom. The summed E-state index contributed by atoms with van der Waals surface area (Å²) in [5.41, 5.74) is 7.67. The van der Waals surface area contributed by atoms with E-state index < -0.39 is 0 Å². The summed E-state index contributed by atoms with van der Waals surface area (Å²) in [4.78, 5) is 4.34. The van der Waals surface area contributed by atoms with Gasteiger partial charge in [-0.3, -0.25) is 0 Å². The Morgan fingerprint density at radius 1 is 1.41 bits per heavy atom. The highest BCUT2D eigenvalue weighted by molar-refractivity contribution is 5.68. The lowest BCUT2D eigenvalue weighted by atomic mass is 10.1. The molecule has 0 aliphatic rings. The van der Waals surface area contributed by atoms with E-state index in [1.807, 2.05) is 17.6 Å². The lowest BCUT2D eigenvalue weighted by Crippen LogP contribution is -2.25. The van der Waals surface area contributed by atoms with Gasteiger partial charge in [0, 0.05) is 25.0 Å². The number of rotatable bonds is 4. The van der Waals surface area contributed by atoms with Crippen molar-refractivity contribution in [2.45, 2.75) is 32.7 Å². The number of anilines is 1. The SMILES string of the molecule is CC(CN)Nc1nccn2nc(C(C)C)cc12. The van der Waals surface area contributed by atoms with Crippen molar-refractivity contribution in [1.82, 2.24) is 14.6 Å². The van der Waals surface area contributed by atoms with Crippen molar-refractivity contribution < 1.29 is 0 Å². The van der Waals surface area contributed by atoms with E-state index in [0.717, 1.165) is 17.0 Å². The number of aromatic nitrogens is 3. The smallest absolute Gasteiger partial charge is 0.152 e. The topological polar surface area (TPSA) is 68.2 Å². The van der Waals surface area contributed by atoms with Gasteiger partial charge in [-0.15, -0.1) is 0 Å². The van der Waals surface area contributed by atoms with Crippen molar-refractivity contribution in [3.63, 3.8) is 0 Å². The van der Waals surface area contributed by atoms with Crippen molar-refractivity contribution in [3.8, 4) is 0 Å². The van der Waals surface area contributed by atoms with Gasteiger partial charge >= 0.3 is 0 Å². The average Bonchev–Trinajstić information content (AvgIpc) is 2.74. The van der Waals surface area contributed by atoms with E-state index in [1.54, 1.807) is 6.20 Å². The zero-order valence-corrected chi connectivity index (χ0v) is 10.5. The second-order valence-corrected chi connectivity index (χ2v) is 4.61. The number of nitrogens with two attached hydrogens (primary N) is 1. The Bertz CT molecular complexity index is 503. The molecule has 0 aromatic carbocycles. The van der Waals surface area contributed by atoms with Gasteiger partial charge in [0.1, 0.15) is 5.52 Å². The first-order valence-corrected chi connectivity index (χ1v) is 5.92. The van der Waals surface area contributed by atoms with Crippen molar-refractivity contribution >= 4 is 11.3 Å². The largest absolute Gasteiger partial charge is 0.365 e. The summed E-state index contributed by atoms with van der Waals surface area (Å²) < 4.78 is 1.86. The van der Waals surface area contributed by atoms with Crippen LogP contribution in [0.5, 0.6) is 0 Å². The monoisotopic (exact) mass is 233 g/mol. The third-order valence-corrected chi connectivity index (χ3v) is 2.74. The van der Waals surface area contributed by atoms with Gasteiger partial charge in [0.25, 0.3) is 0 Å². The maximum absolute atomic E-state index is 5.60. The zero-order chi connectivity index (χ0) is 12.4. The molecule has 0 spiro atoms. The fourth-order valence-corrected chi connectivity index (χ4v) is 1.63. The molecular weight excluding hydrogens is 214 g/mol. The molecule has 92 valence electrons. The van der Waals surface area contributed by atoms with Crippen LogP contribution >= 0.6 is 0 Å². The normalized spacial score (nSPS) is 13.2. The summed E-state index contributed by atoms with van der Waals surface area (Å²) in [6, 6.07) is 2.27. The van der Waals surface area contributed by atoms with Crippen LogP contribution in [0.4, 0.5) is 5.82 Å². The van der Waals surface area contributed by atoms with Crippen LogP contribution in [-0.2, 0) is 0 Å². The number of nitrogens with one attached hydrogen (secondary N) is 1. The molecule has 0 radical (unpaired) electrons. The van der Waals surface area contributed by atoms with Gasteiger partial charge in [-0.2, -0.15) is 5.10 Å². The predicted molar refractivity (Wildman–Crippen MR) is 69.2 cm³/mol. The van der Waals surface area contributed by atoms with E-state index in [9.17, 15) is 0 Å². The summed E-state index contributed by atoms with van der Waals surface area (Å²) >= 11 is 0. The fourth-order valence-electron chi connectivity index (χ4n) is 1.63. The Balaban J connectivity index is 2.42. The summed E-state index contributed by atoms with van der Waals surface area (Å²) in [6.45, 7) is 6.87. The summed E-state index contributed by atoms with van der Waals surface area (Å²) in [6.07, 6.45) is 3.61. The minimum absolute atomic E-state index is 0.200. The van der Waals surface area contributed by atoms with Crippen molar-refractivity contribution in [3.05, 3.63) is 24.2 Å². The molecule has 1 atom stereocenters. The lowest BCUT2D eigenvalue weighted by molar-refractivity contribution is 0.781. The summed E-state index contributed by atoms with van der Waals surface area (Å²) in [5, 5.41) is 7.80. The molecule has 17 heavy (non-hydrogen) atoms. The average molecular weight is 233 g/mol. The molecular formula is C12H19N5.